The van der Waals surface area contributed by atoms with Gasteiger partial charge in [-0.25, -0.2) is 8.78 Å². The zero-order valence-electron chi connectivity index (χ0n) is 10.2. The summed E-state index contributed by atoms with van der Waals surface area (Å²) in [5.74, 6) is -1.79. The second-order valence-corrected chi connectivity index (χ2v) is 5.17. The molecule has 0 radical (unpaired) electrons. The van der Waals surface area contributed by atoms with Crippen LogP contribution in [0.2, 0.25) is 0 Å². The van der Waals surface area contributed by atoms with Gasteiger partial charge in [0.1, 0.15) is 5.82 Å². The van der Waals surface area contributed by atoms with E-state index in [4.69, 9.17) is 0 Å². The van der Waals surface area contributed by atoms with Crippen LogP contribution in [0.1, 0.15) is 0 Å². The third-order valence-corrected chi connectivity index (χ3v) is 3.47. The van der Waals surface area contributed by atoms with Crippen molar-refractivity contribution in [2.24, 2.45) is 0 Å². The molecule has 0 aromatic heterocycles. The Bertz CT molecular complexity index is 455. The highest BCUT2D eigenvalue weighted by Crippen LogP contribution is 2.26. The Labute approximate surface area is 118 Å². The molecule has 2 rings (SSSR count). The van der Waals surface area contributed by atoms with Gasteiger partial charge in [0, 0.05) is 36.7 Å². The van der Waals surface area contributed by atoms with Gasteiger partial charge in [0.25, 0.3) is 0 Å². The third kappa shape index (κ3) is 3.95. The van der Waals surface area contributed by atoms with Crippen molar-refractivity contribution in [2.75, 3.05) is 38.0 Å². The zero-order valence-corrected chi connectivity index (χ0v) is 11.8. The molecule has 1 heterocycles. The summed E-state index contributed by atoms with van der Waals surface area (Å²) < 4.78 is 26.7. The molecule has 2 N–H and O–H groups in total. The van der Waals surface area contributed by atoms with Gasteiger partial charge in [0.15, 0.2) is 5.82 Å². The van der Waals surface area contributed by atoms with E-state index in [-0.39, 0.29) is 22.6 Å². The summed E-state index contributed by atoms with van der Waals surface area (Å²) in [4.78, 5) is 13.8. The summed E-state index contributed by atoms with van der Waals surface area (Å²) >= 11 is 3.03. The Morgan fingerprint density at radius 3 is 2.68 bits per heavy atom. The van der Waals surface area contributed by atoms with Crippen LogP contribution >= 0.6 is 15.9 Å². The van der Waals surface area contributed by atoms with Crippen molar-refractivity contribution in [1.29, 1.82) is 0 Å². The first-order chi connectivity index (χ1) is 9.06. The number of hydrogen-bond donors (Lipinski definition) is 2. The van der Waals surface area contributed by atoms with E-state index >= 15 is 0 Å². The van der Waals surface area contributed by atoms with E-state index in [9.17, 15) is 13.6 Å². The van der Waals surface area contributed by atoms with Crippen LogP contribution in [0, 0.1) is 11.6 Å². The molecule has 0 spiro atoms. The van der Waals surface area contributed by atoms with Crippen LogP contribution in [-0.2, 0) is 4.79 Å². The van der Waals surface area contributed by atoms with Crippen molar-refractivity contribution in [3.8, 4) is 0 Å². The molecule has 0 bridgehead atoms. The summed E-state index contributed by atoms with van der Waals surface area (Å²) in [6, 6.07) is 1.86. The molecule has 0 saturated carbocycles. The summed E-state index contributed by atoms with van der Waals surface area (Å²) in [7, 11) is 0. The second kappa shape index (κ2) is 6.40. The maximum Gasteiger partial charge on any atom is 0.238 e. The van der Waals surface area contributed by atoms with Gasteiger partial charge in [-0.2, -0.15) is 0 Å². The summed E-state index contributed by atoms with van der Waals surface area (Å²) in [6.45, 7) is 3.43. The number of hydrogen-bond acceptors (Lipinski definition) is 3. The van der Waals surface area contributed by atoms with E-state index in [1.165, 1.54) is 0 Å². The summed E-state index contributed by atoms with van der Waals surface area (Å²) in [5, 5.41) is 5.64. The number of carbonyl (C=O) groups excluding carboxylic acids is 1. The quantitative estimate of drug-likeness (QED) is 0.882. The van der Waals surface area contributed by atoms with Crippen molar-refractivity contribution in [3.63, 3.8) is 0 Å². The van der Waals surface area contributed by atoms with Gasteiger partial charge in [0.2, 0.25) is 5.91 Å². The lowest BCUT2D eigenvalue weighted by Gasteiger charge is -2.26. The zero-order chi connectivity index (χ0) is 13.8. The van der Waals surface area contributed by atoms with Crippen molar-refractivity contribution in [1.82, 2.24) is 10.2 Å². The van der Waals surface area contributed by atoms with E-state index in [1.54, 1.807) is 0 Å². The highest BCUT2D eigenvalue weighted by atomic mass is 79.9. The van der Waals surface area contributed by atoms with Gasteiger partial charge >= 0.3 is 0 Å². The fraction of sp³-hybridized carbons (Fsp3) is 0.417. The van der Waals surface area contributed by atoms with Crippen LogP contribution in [0.15, 0.2) is 16.6 Å². The number of carbonyl (C=O) groups is 1. The number of piperazine rings is 1. The average molecular weight is 334 g/mol. The molecule has 0 unspecified atom stereocenters. The predicted octanol–water partition coefficient (Wildman–Crippen LogP) is 1.57. The molecular formula is C12H14BrF2N3O. The molecule has 1 saturated heterocycles. The predicted molar refractivity (Wildman–Crippen MR) is 72.0 cm³/mol. The average Bonchev–Trinajstić information content (AvgIpc) is 2.35. The molecule has 1 aliphatic heterocycles. The molecule has 1 fully saturated rings. The molecule has 1 aromatic rings. The first kappa shape index (κ1) is 14.4. The third-order valence-electron chi connectivity index (χ3n) is 2.85. The van der Waals surface area contributed by atoms with E-state index in [0.717, 1.165) is 38.3 Å². The molecule has 4 nitrogen and oxygen atoms in total. The molecule has 7 heteroatoms. The number of benzene rings is 1. The first-order valence-corrected chi connectivity index (χ1v) is 6.73. The fourth-order valence-corrected chi connectivity index (χ4v) is 2.42. The maximum atomic E-state index is 13.5. The highest BCUT2D eigenvalue weighted by Gasteiger charge is 2.16. The van der Waals surface area contributed by atoms with Crippen LogP contribution < -0.4 is 10.6 Å². The summed E-state index contributed by atoms with van der Waals surface area (Å²) in [6.07, 6.45) is 0. The highest BCUT2D eigenvalue weighted by molar-refractivity contribution is 9.10. The molecule has 1 amide bonds. The van der Waals surface area contributed by atoms with Gasteiger partial charge in [-0.1, -0.05) is 0 Å². The van der Waals surface area contributed by atoms with Gasteiger partial charge < -0.3 is 10.6 Å². The normalized spacial score (nSPS) is 16.4. The number of halogens is 3. The summed E-state index contributed by atoms with van der Waals surface area (Å²) in [5.41, 5.74) is -0.0264. The lowest BCUT2D eigenvalue weighted by atomic mass is 10.3. The fourth-order valence-electron chi connectivity index (χ4n) is 1.91. The minimum Gasteiger partial charge on any atom is -0.322 e. The smallest absolute Gasteiger partial charge is 0.238 e. The van der Waals surface area contributed by atoms with E-state index in [2.05, 4.69) is 26.6 Å². The lowest BCUT2D eigenvalue weighted by Crippen LogP contribution is -2.46. The number of nitrogens with zero attached hydrogens (tertiary/aromatic N) is 1. The van der Waals surface area contributed by atoms with Gasteiger partial charge in [0.05, 0.1) is 12.2 Å². The minimum absolute atomic E-state index is 0.0264. The van der Waals surface area contributed by atoms with Crippen molar-refractivity contribution in [3.05, 3.63) is 28.2 Å². The maximum absolute atomic E-state index is 13.5. The Morgan fingerprint density at radius 1 is 1.37 bits per heavy atom. The lowest BCUT2D eigenvalue weighted by molar-refractivity contribution is -0.117. The Hall–Kier alpha value is -1.05. The van der Waals surface area contributed by atoms with Gasteiger partial charge in [-0.05, 0) is 22.0 Å². The van der Waals surface area contributed by atoms with Crippen LogP contribution in [0.5, 0.6) is 0 Å². The number of anilines is 1. The SMILES string of the molecule is O=C(CN1CCNCC1)Nc1c(F)cc(F)cc1Br. The molecule has 1 aromatic carbocycles. The topological polar surface area (TPSA) is 44.4 Å². The van der Waals surface area contributed by atoms with Gasteiger partial charge in [-0.3, -0.25) is 9.69 Å². The molecular weight excluding hydrogens is 320 g/mol. The van der Waals surface area contributed by atoms with E-state index in [0.29, 0.717) is 0 Å². The molecule has 19 heavy (non-hydrogen) atoms. The van der Waals surface area contributed by atoms with Crippen LogP contribution in [-0.4, -0.2) is 43.5 Å². The second-order valence-electron chi connectivity index (χ2n) is 4.32. The standard InChI is InChI=1S/C12H14BrF2N3O/c13-9-5-8(14)6-10(15)12(9)17-11(19)7-18-3-1-16-2-4-18/h5-6,16H,1-4,7H2,(H,17,19). The van der Waals surface area contributed by atoms with Crippen LogP contribution in [0.25, 0.3) is 0 Å². The Balaban J connectivity index is 1.98. The van der Waals surface area contributed by atoms with Crippen molar-refractivity contribution in [2.45, 2.75) is 0 Å². The number of rotatable bonds is 3. The van der Waals surface area contributed by atoms with Gasteiger partial charge in [-0.15, -0.1) is 0 Å². The molecule has 104 valence electrons. The van der Waals surface area contributed by atoms with Crippen molar-refractivity contribution >= 4 is 27.5 Å². The Morgan fingerprint density at radius 2 is 2.05 bits per heavy atom. The van der Waals surface area contributed by atoms with Crippen LogP contribution in [0.4, 0.5) is 14.5 Å². The first-order valence-electron chi connectivity index (χ1n) is 5.94. The molecule has 1 aliphatic rings. The number of nitrogens with one attached hydrogen (secondary N) is 2. The monoisotopic (exact) mass is 333 g/mol. The van der Waals surface area contributed by atoms with Crippen LogP contribution in [0.3, 0.4) is 0 Å². The van der Waals surface area contributed by atoms with Crippen molar-refractivity contribution < 1.29 is 13.6 Å². The molecule has 0 atom stereocenters. The Kier molecular flexibility index (Phi) is 4.84. The van der Waals surface area contributed by atoms with E-state index < -0.39 is 11.6 Å². The van der Waals surface area contributed by atoms with E-state index in [1.807, 2.05) is 4.90 Å². The minimum atomic E-state index is -0.791. The molecule has 0 aliphatic carbocycles. The number of amides is 1. The largest absolute Gasteiger partial charge is 0.322 e.